The summed E-state index contributed by atoms with van der Waals surface area (Å²) in [7, 11) is 0. The maximum atomic E-state index is 10.7. The number of nitrogens with zero attached hydrogens (tertiary/aromatic N) is 1. The topological polar surface area (TPSA) is 78.4 Å². The molecule has 0 amide bonds. The van der Waals surface area contributed by atoms with Crippen molar-refractivity contribution in [3.05, 3.63) is 38.9 Å². The molecule has 1 aromatic rings. The molecule has 2 unspecified atom stereocenters. The van der Waals surface area contributed by atoms with Crippen LogP contribution in [0.2, 0.25) is 5.02 Å². The van der Waals surface area contributed by atoms with Crippen molar-refractivity contribution in [3.8, 4) is 0 Å². The molecule has 2 N–H and O–H groups in total. The Bertz CT molecular complexity index is 481. The van der Waals surface area contributed by atoms with Crippen LogP contribution in [-0.2, 0) is 11.3 Å². The Morgan fingerprint density at radius 2 is 2.15 bits per heavy atom. The lowest BCUT2D eigenvalue weighted by Gasteiger charge is -2.30. The normalized spacial score (nSPS) is 22.7. The van der Waals surface area contributed by atoms with Crippen LogP contribution < -0.4 is 5.73 Å². The zero-order valence-corrected chi connectivity index (χ0v) is 12.0. The number of rotatable bonds is 5. The zero-order chi connectivity index (χ0) is 14.5. The van der Waals surface area contributed by atoms with Crippen LogP contribution in [0, 0.1) is 16.0 Å². The molecule has 1 aliphatic carbocycles. The van der Waals surface area contributed by atoms with Gasteiger partial charge in [-0.1, -0.05) is 24.4 Å². The van der Waals surface area contributed by atoms with Crippen molar-refractivity contribution in [1.29, 1.82) is 0 Å². The van der Waals surface area contributed by atoms with E-state index in [1.165, 1.54) is 18.6 Å². The lowest BCUT2D eigenvalue weighted by molar-refractivity contribution is -0.384. The Kier molecular flexibility index (Phi) is 5.34. The first kappa shape index (κ1) is 15.2. The molecule has 1 aromatic carbocycles. The first-order valence-corrected chi connectivity index (χ1v) is 7.24. The molecule has 0 heterocycles. The average Bonchev–Trinajstić information content (AvgIpc) is 2.46. The molecule has 0 spiro atoms. The Hall–Kier alpha value is -1.17. The first-order chi connectivity index (χ1) is 9.61. The van der Waals surface area contributed by atoms with Gasteiger partial charge in [0.1, 0.15) is 0 Å². The molecule has 6 heteroatoms. The van der Waals surface area contributed by atoms with Gasteiger partial charge in [-0.25, -0.2) is 0 Å². The van der Waals surface area contributed by atoms with E-state index in [2.05, 4.69) is 0 Å². The van der Waals surface area contributed by atoms with Gasteiger partial charge in [-0.2, -0.15) is 0 Å². The fourth-order valence-electron chi connectivity index (χ4n) is 2.63. The summed E-state index contributed by atoms with van der Waals surface area (Å²) in [4.78, 5) is 10.2. The van der Waals surface area contributed by atoms with Crippen LogP contribution in [0.1, 0.15) is 31.2 Å². The van der Waals surface area contributed by atoms with Crippen LogP contribution in [0.25, 0.3) is 0 Å². The highest BCUT2D eigenvalue weighted by Crippen LogP contribution is 2.28. The minimum absolute atomic E-state index is 0.00347. The molecule has 2 rings (SSSR count). The van der Waals surface area contributed by atoms with Crippen LogP contribution >= 0.6 is 11.6 Å². The smallest absolute Gasteiger partial charge is 0.270 e. The summed E-state index contributed by atoms with van der Waals surface area (Å²) in [5, 5.41) is 11.0. The largest absolute Gasteiger partial charge is 0.373 e. The number of nitrogens with two attached hydrogens (primary N) is 1. The second kappa shape index (κ2) is 7.02. The van der Waals surface area contributed by atoms with E-state index >= 15 is 0 Å². The molecule has 110 valence electrons. The van der Waals surface area contributed by atoms with Gasteiger partial charge in [0.15, 0.2) is 0 Å². The number of hydrogen-bond acceptors (Lipinski definition) is 4. The van der Waals surface area contributed by atoms with Crippen molar-refractivity contribution < 1.29 is 9.66 Å². The van der Waals surface area contributed by atoms with E-state index in [4.69, 9.17) is 22.1 Å². The standard InChI is InChI=1S/C14H19ClN2O3/c15-13-7-12(17(18)19)6-5-11(13)9-20-14-4-2-1-3-10(14)8-16/h5-7,10,14H,1-4,8-9,16H2. The summed E-state index contributed by atoms with van der Waals surface area (Å²) in [6, 6.07) is 4.47. The summed E-state index contributed by atoms with van der Waals surface area (Å²) in [6.07, 6.45) is 4.66. The van der Waals surface area contributed by atoms with Gasteiger partial charge in [0.2, 0.25) is 0 Å². The highest BCUT2D eigenvalue weighted by atomic mass is 35.5. The Balaban J connectivity index is 1.98. The van der Waals surface area contributed by atoms with Gasteiger partial charge in [0, 0.05) is 12.1 Å². The van der Waals surface area contributed by atoms with Gasteiger partial charge in [-0.3, -0.25) is 10.1 Å². The molecular weight excluding hydrogens is 280 g/mol. The van der Waals surface area contributed by atoms with Crippen LogP contribution in [0.3, 0.4) is 0 Å². The van der Waals surface area contributed by atoms with E-state index < -0.39 is 4.92 Å². The fraction of sp³-hybridized carbons (Fsp3) is 0.571. The number of benzene rings is 1. The second-order valence-electron chi connectivity index (χ2n) is 5.16. The molecule has 1 aliphatic rings. The summed E-state index contributed by atoms with van der Waals surface area (Å²) in [5.41, 5.74) is 6.54. The predicted octanol–water partition coefficient (Wildman–Crippen LogP) is 3.28. The zero-order valence-electron chi connectivity index (χ0n) is 11.3. The van der Waals surface area contributed by atoms with Crippen LogP contribution in [0.5, 0.6) is 0 Å². The van der Waals surface area contributed by atoms with Crippen molar-refractivity contribution in [1.82, 2.24) is 0 Å². The summed E-state index contributed by atoms with van der Waals surface area (Å²) in [5.74, 6) is 0.403. The number of nitro benzene ring substituents is 1. The Morgan fingerprint density at radius 1 is 1.40 bits per heavy atom. The highest BCUT2D eigenvalue weighted by Gasteiger charge is 2.24. The summed E-state index contributed by atoms with van der Waals surface area (Å²) in [6.45, 7) is 1.01. The van der Waals surface area contributed by atoms with Gasteiger partial charge >= 0.3 is 0 Å². The van der Waals surface area contributed by atoms with Crippen LogP contribution in [-0.4, -0.2) is 17.6 Å². The van der Waals surface area contributed by atoms with Crippen molar-refractivity contribution in [2.45, 2.75) is 38.4 Å². The Morgan fingerprint density at radius 3 is 2.80 bits per heavy atom. The number of non-ortho nitro benzene ring substituents is 1. The third kappa shape index (κ3) is 3.69. The molecule has 0 radical (unpaired) electrons. The SMILES string of the molecule is NCC1CCCCC1OCc1ccc([N+](=O)[O-])cc1Cl. The molecule has 0 aromatic heterocycles. The minimum Gasteiger partial charge on any atom is -0.373 e. The van der Waals surface area contributed by atoms with E-state index in [1.54, 1.807) is 6.07 Å². The van der Waals surface area contributed by atoms with Gasteiger partial charge < -0.3 is 10.5 Å². The molecule has 20 heavy (non-hydrogen) atoms. The highest BCUT2D eigenvalue weighted by molar-refractivity contribution is 6.31. The van der Waals surface area contributed by atoms with E-state index in [1.807, 2.05) is 0 Å². The molecule has 0 bridgehead atoms. The maximum Gasteiger partial charge on any atom is 0.270 e. The van der Waals surface area contributed by atoms with Crippen molar-refractivity contribution in [2.24, 2.45) is 11.7 Å². The van der Waals surface area contributed by atoms with Crippen molar-refractivity contribution in [2.75, 3.05) is 6.54 Å². The molecule has 5 nitrogen and oxygen atoms in total. The molecule has 2 atom stereocenters. The van der Waals surface area contributed by atoms with Crippen molar-refractivity contribution >= 4 is 17.3 Å². The number of halogens is 1. The Labute approximate surface area is 123 Å². The summed E-state index contributed by atoms with van der Waals surface area (Å²) >= 11 is 6.05. The average molecular weight is 299 g/mol. The van der Waals surface area contributed by atoms with Gasteiger partial charge in [0.05, 0.1) is 22.7 Å². The monoisotopic (exact) mass is 298 g/mol. The van der Waals surface area contributed by atoms with Crippen LogP contribution in [0.4, 0.5) is 5.69 Å². The number of ether oxygens (including phenoxy) is 1. The van der Waals surface area contributed by atoms with E-state index in [9.17, 15) is 10.1 Å². The van der Waals surface area contributed by atoms with Crippen LogP contribution in [0.15, 0.2) is 18.2 Å². The predicted molar refractivity (Wildman–Crippen MR) is 77.7 cm³/mol. The molecule has 0 aliphatic heterocycles. The number of hydrogen-bond donors (Lipinski definition) is 1. The van der Waals surface area contributed by atoms with Gasteiger partial charge in [0.25, 0.3) is 5.69 Å². The van der Waals surface area contributed by atoms with E-state index in [0.717, 1.165) is 24.8 Å². The lowest BCUT2D eigenvalue weighted by Crippen LogP contribution is -2.33. The van der Waals surface area contributed by atoms with Crippen molar-refractivity contribution in [3.63, 3.8) is 0 Å². The summed E-state index contributed by atoms with van der Waals surface area (Å²) < 4.78 is 5.92. The molecule has 0 saturated heterocycles. The second-order valence-corrected chi connectivity index (χ2v) is 5.57. The third-order valence-corrected chi connectivity index (χ3v) is 4.19. The third-order valence-electron chi connectivity index (χ3n) is 3.84. The van der Waals surface area contributed by atoms with Gasteiger partial charge in [-0.05, 0) is 36.9 Å². The molecule has 1 saturated carbocycles. The lowest BCUT2D eigenvalue weighted by atomic mass is 9.86. The molecule has 1 fully saturated rings. The fourth-order valence-corrected chi connectivity index (χ4v) is 2.86. The van der Waals surface area contributed by atoms with E-state index in [-0.39, 0.29) is 11.8 Å². The molecular formula is C14H19ClN2O3. The van der Waals surface area contributed by atoms with Gasteiger partial charge in [-0.15, -0.1) is 0 Å². The minimum atomic E-state index is -0.456. The maximum absolute atomic E-state index is 10.7. The quantitative estimate of drug-likeness (QED) is 0.668. The number of nitro groups is 1. The first-order valence-electron chi connectivity index (χ1n) is 6.86. The van der Waals surface area contributed by atoms with E-state index in [0.29, 0.717) is 24.1 Å².